The van der Waals surface area contributed by atoms with Crippen LogP contribution in [0.4, 0.5) is 13.2 Å². The van der Waals surface area contributed by atoms with Crippen LogP contribution < -0.4 is 4.72 Å². The van der Waals surface area contributed by atoms with E-state index in [1.165, 1.54) is 4.72 Å². The van der Waals surface area contributed by atoms with Crippen molar-refractivity contribution >= 4 is 10.2 Å². The van der Waals surface area contributed by atoms with E-state index in [1.54, 1.807) is 19.9 Å². The molecule has 0 aromatic rings. The molecule has 0 aromatic heterocycles. The molecular weight excluding hydrogens is 271 g/mol. The van der Waals surface area contributed by atoms with E-state index in [4.69, 9.17) is 5.26 Å². The highest BCUT2D eigenvalue weighted by Crippen LogP contribution is 2.14. The molecule has 5 nitrogen and oxygen atoms in total. The molecular formula is C9H16F3N3O2S. The standard InChI is InChI=1S/C9H16F3N3O2S/c1-8(2)6-15(5-3-4-13)18(16,17)14-7-9(10,11)12/h8,14H,3,5-7H2,1-2H3. The quantitative estimate of drug-likeness (QED) is 0.766. The lowest BCUT2D eigenvalue weighted by Gasteiger charge is -2.23. The number of halogens is 3. The average Bonchev–Trinajstić information content (AvgIpc) is 2.20. The second-order valence-corrected chi connectivity index (χ2v) is 5.86. The van der Waals surface area contributed by atoms with E-state index in [-0.39, 0.29) is 25.4 Å². The third-order valence-electron chi connectivity index (χ3n) is 1.84. The maximum absolute atomic E-state index is 12.0. The Morgan fingerprint density at radius 3 is 2.33 bits per heavy atom. The van der Waals surface area contributed by atoms with E-state index in [2.05, 4.69) is 0 Å². The Morgan fingerprint density at radius 2 is 1.94 bits per heavy atom. The normalized spacial score (nSPS) is 13.0. The molecule has 106 valence electrons. The largest absolute Gasteiger partial charge is 0.402 e. The highest BCUT2D eigenvalue weighted by atomic mass is 32.2. The molecule has 1 N–H and O–H groups in total. The highest BCUT2D eigenvalue weighted by molar-refractivity contribution is 7.87. The summed E-state index contributed by atoms with van der Waals surface area (Å²) in [6, 6.07) is 1.76. The summed E-state index contributed by atoms with van der Waals surface area (Å²) in [5.41, 5.74) is 0. The summed E-state index contributed by atoms with van der Waals surface area (Å²) in [6.07, 6.45) is -4.68. The van der Waals surface area contributed by atoms with Crippen LogP contribution in [0.2, 0.25) is 0 Å². The van der Waals surface area contributed by atoms with Crippen molar-refractivity contribution in [1.29, 1.82) is 5.26 Å². The van der Waals surface area contributed by atoms with Gasteiger partial charge in [0.15, 0.2) is 0 Å². The first kappa shape index (κ1) is 17.2. The molecule has 0 aliphatic rings. The topological polar surface area (TPSA) is 73.2 Å². The van der Waals surface area contributed by atoms with Crippen molar-refractivity contribution in [3.8, 4) is 6.07 Å². The Balaban J connectivity index is 4.70. The number of nitrogens with zero attached hydrogens (tertiary/aromatic N) is 2. The summed E-state index contributed by atoms with van der Waals surface area (Å²) < 4.78 is 61.5. The van der Waals surface area contributed by atoms with Crippen molar-refractivity contribution in [3.63, 3.8) is 0 Å². The lowest BCUT2D eigenvalue weighted by molar-refractivity contribution is -0.121. The maximum Gasteiger partial charge on any atom is 0.402 e. The van der Waals surface area contributed by atoms with Gasteiger partial charge in [-0.2, -0.15) is 35.9 Å². The van der Waals surface area contributed by atoms with Crippen molar-refractivity contribution in [3.05, 3.63) is 0 Å². The van der Waals surface area contributed by atoms with Crippen LogP contribution in [0.15, 0.2) is 0 Å². The number of hydrogen-bond acceptors (Lipinski definition) is 3. The van der Waals surface area contributed by atoms with Gasteiger partial charge in [0.1, 0.15) is 6.54 Å². The minimum absolute atomic E-state index is 0.0499. The zero-order valence-corrected chi connectivity index (χ0v) is 11.0. The average molecular weight is 287 g/mol. The second kappa shape index (κ2) is 6.92. The van der Waals surface area contributed by atoms with Crippen molar-refractivity contribution in [2.24, 2.45) is 5.92 Å². The molecule has 0 unspecified atom stereocenters. The number of alkyl halides is 3. The Bertz CT molecular complexity index is 387. The van der Waals surface area contributed by atoms with Crippen molar-refractivity contribution in [2.75, 3.05) is 19.6 Å². The van der Waals surface area contributed by atoms with Crippen LogP contribution in [0.25, 0.3) is 0 Å². The summed E-state index contributed by atoms with van der Waals surface area (Å²) in [6.45, 7) is 1.80. The Labute approximate surface area is 105 Å². The molecule has 0 amide bonds. The van der Waals surface area contributed by atoms with Gasteiger partial charge in [0.2, 0.25) is 0 Å². The van der Waals surface area contributed by atoms with Crippen LogP contribution in [0, 0.1) is 17.2 Å². The van der Waals surface area contributed by atoms with Crippen molar-refractivity contribution < 1.29 is 21.6 Å². The number of nitrogens with one attached hydrogen (secondary N) is 1. The molecule has 0 spiro atoms. The summed E-state index contributed by atoms with van der Waals surface area (Å²) in [7, 11) is -4.21. The number of hydrogen-bond donors (Lipinski definition) is 1. The van der Waals surface area contributed by atoms with Gasteiger partial charge < -0.3 is 0 Å². The Morgan fingerprint density at radius 1 is 1.39 bits per heavy atom. The van der Waals surface area contributed by atoms with Crippen LogP contribution in [-0.4, -0.2) is 38.5 Å². The monoisotopic (exact) mass is 287 g/mol. The number of rotatable bonds is 7. The van der Waals surface area contributed by atoms with Gasteiger partial charge in [0, 0.05) is 19.5 Å². The van der Waals surface area contributed by atoms with Crippen LogP contribution in [0.3, 0.4) is 0 Å². The molecule has 0 heterocycles. The minimum atomic E-state index is -4.61. The molecule has 0 fully saturated rings. The predicted molar refractivity (Wildman–Crippen MR) is 59.6 cm³/mol. The van der Waals surface area contributed by atoms with Crippen LogP contribution in [-0.2, 0) is 10.2 Å². The molecule has 0 aliphatic carbocycles. The maximum atomic E-state index is 12.0. The first-order chi connectivity index (χ1) is 8.08. The molecule has 0 saturated carbocycles. The van der Waals surface area contributed by atoms with Gasteiger partial charge in [-0.1, -0.05) is 13.8 Å². The first-order valence-electron chi connectivity index (χ1n) is 5.27. The van der Waals surface area contributed by atoms with Crippen LogP contribution in [0.5, 0.6) is 0 Å². The zero-order chi connectivity index (χ0) is 14.4. The smallest absolute Gasteiger partial charge is 0.198 e. The van der Waals surface area contributed by atoms with Gasteiger partial charge in [-0.05, 0) is 5.92 Å². The van der Waals surface area contributed by atoms with E-state index in [0.29, 0.717) is 0 Å². The van der Waals surface area contributed by atoms with E-state index in [1.807, 2.05) is 0 Å². The van der Waals surface area contributed by atoms with E-state index >= 15 is 0 Å². The van der Waals surface area contributed by atoms with Crippen LogP contribution >= 0.6 is 0 Å². The van der Waals surface area contributed by atoms with Gasteiger partial charge in [-0.3, -0.25) is 0 Å². The zero-order valence-electron chi connectivity index (χ0n) is 10.2. The SMILES string of the molecule is CC(C)CN(CCC#N)S(=O)(=O)NCC(F)(F)F. The summed E-state index contributed by atoms with van der Waals surface area (Å²) in [4.78, 5) is 0. The highest BCUT2D eigenvalue weighted by Gasteiger charge is 2.31. The third-order valence-corrected chi connectivity index (χ3v) is 3.36. The third kappa shape index (κ3) is 7.47. The molecule has 18 heavy (non-hydrogen) atoms. The van der Waals surface area contributed by atoms with Gasteiger partial charge in [0.05, 0.1) is 6.07 Å². The van der Waals surface area contributed by atoms with E-state index < -0.39 is 22.9 Å². The summed E-state index contributed by atoms with van der Waals surface area (Å²) >= 11 is 0. The fraction of sp³-hybridized carbons (Fsp3) is 0.889. The number of nitriles is 1. The fourth-order valence-corrected chi connectivity index (χ4v) is 2.51. The van der Waals surface area contributed by atoms with Gasteiger partial charge >= 0.3 is 6.18 Å². The Kier molecular flexibility index (Phi) is 6.59. The fourth-order valence-electron chi connectivity index (χ4n) is 1.16. The van der Waals surface area contributed by atoms with Crippen LogP contribution in [0.1, 0.15) is 20.3 Å². The summed E-state index contributed by atoms with van der Waals surface area (Å²) in [5.74, 6) is -0.0499. The predicted octanol–water partition coefficient (Wildman–Crippen LogP) is 1.25. The first-order valence-corrected chi connectivity index (χ1v) is 6.71. The second-order valence-electron chi connectivity index (χ2n) is 4.10. The molecule has 0 radical (unpaired) electrons. The van der Waals surface area contributed by atoms with Gasteiger partial charge in [-0.25, -0.2) is 0 Å². The molecule has 0 atom stereocenters. The van der Waals surface area contributed by atoms with Gasteiger partial charge in [-0.15, -0.1) is 0 Å². The van der Waals surface area contributed by atoms with E-state index in [0.717, 1.165) is 4.31 Å². The van der Waals surface area contributed by atoms with Crippen molar-refractivity contribution in [1.82, 2.24) is 9.03 Å². The van der Waals surface area contributed by atoms with Crippen molar-refractivity contribution in [2.45, 2.75) is 26.4 Å². The lowest BCUT2D eigenvalue weighted by Crippen LogP contribution is -2.45. The molecule has 0 aliphatic heterocycles. The molecule has 9 heteroatoms. The molecule has 0 aromatic carbocycles. The molecule has 0 bridgehead atoms. The van der Waals surface area contributed by atoms with Gasteiger partial charge in [0.25, 0.3) is 10.2 Å². The molecule has 0 saturated heterocycles. The van der Waals surface area contributed by atoms with E-state index in [9.17, 15) is 21.6 Å². The molecule has 0 rings (SSSR count). The minimum Gasteiger partial charge on any atom is -0.198 e. The summed E-state index contributed by atoms with van der Waals surface area (Å²) in [5, 5.41) is 8.40. The lowest BCUT2D eigenvalue weighted by atomic mass is 10.2. The Hall–Kier alpha value is -0.850.